The van der Waals surface area contributed by atoms with Crippen molar-refractivity contribution >= 4 is 47.8 Å². The number of rotatable bonds is 1. The highest BCUT2D eigenvalue weighted by Gasteiger charge is 2.24. The van der Waals surface area contributed by atoms with Crippen LogP contribution in [-0.4, -0.2) is 13.5 Å². The maximum absolute atomic E-state index is 8.76. The van der Waals surface area contributed by atoms with Crippen LogP contribution in [0.3, 0.4) is 0 Å². The second kappa shape index (κ2) is 2.77. The molecule has 1 unspecified atom stereocenters. The lowest BCUT2D eigenvalue weighted by Crippen LogP contribution is -2.31. The van der Waals surface area contributed by atoms with Crippen molar-refractivity contribution in [3.63, 3.8) is 0 Å². The minimum atomic E-state index is -1.18. The van der Waals surface area contributed by atoms with Crippen LogP contribution in [0, 0.1) is 0 Å². The molecule has 0 fully saturated rings. The first-order valence-corrected chi connectivity index (χ1v) is 3.94. The lowest BCUT2D eigenvalue weighted by atomic mass is 10.7. The zero-order valence-electron chi connectivity index (χ0n) is 3.24. The van der Waals surface area contributed by atoms with E-state index in [0.29, 0.717) is 0 Å². The van der Waals surface area contributed by atoms with E-state index in [1.165, 1.54) is 0 Å². The van der Waals surface area contributed by atoms with E-state index >= 15 is 0 Å². The summed E-state index contributed by atoms with van der Waals surface area (Å²) in [4.78, 5) is -0.500. The second-order valence-electron chi connectivity index (χ2n) is 0.990. The third-order valence-electron chi connectivity index (χ3n) is 0.332. The van der Waals surface area contributed by atoms with Crippen molar-refractivity contribution in [3.05, 3.63) is 0 Å². The van der Waals surface area contributed by atoms with E-state index in [4.69, 9.17) is 10.8 Å². The summed E-state index contributed by atoms with van der Waals surface area (Å²) in [5.74, 6) is 0. The monoisotopic (exact) mass is 295 g/mol. The molecular weight excluding hydrogens is 294 g/mol. The molecule has 0 saturated carbocycles. The van der Waals surface area contributed by atoms with Gasteiger partial charge in [-0.25, -0.2) is 0 Å². The van der Waals surface area contributed by atoms with Gasteiger partial charge in [0.1, 0.15) is 4.95 Å². The first-order chi connectivity index (χ1) is 2.94. The van der Waals surface area contributed by atoms with E-state index in [0.717, 1.165) is 0 Å². The summed E-state index contributed by atoms with van der Waals surface area (Å²) in [5.41, 5.74) is 5.14. The molecule has 5 heteroatoms. The first-order valence-electron chi connectivity index (χ1n) is 1.44. The molecule has 0 spiro atoms. The Morgan fingerprint density at radius 2 is 1.71 bits per heavy atom. The molecule has 0 rings (SSSR count). The van der Waals surface area contributed by atoms with Crippen LogP contribution in [0.4, 0.5) is 0 Å². The van der Waals surface area contributed by atoms with Crippen LogP contribution < -0.4 is 5.73 Å². The van der Waals surface area contributed by atoms with Gasteiger partial charge in [0, 0.05) is 0 Å². The highest BCUT2D eigenvalue weighted by atomic mass is 79.9. The summed E-state index contributed by atoms with van der Waals surface area (Å²) >= 11 is 8.62. The fourth-order valence-electron chi connectivity index (χ4n) is 0. The van der Waals surface area contributed by atoms with Crippen LogP contribution in [0.25, 0.3) is 0 Å². The number of aliphatic hydroxyl groups is 1. The Kier molecular flexibility index (Phi) is 3.31. The Hall–Kier alpha value is 1.36. The van der Waals surface area contributed by atoms with Crippen molar-refractivity contribution in [1.29, 1.82) is 0 Å². The van der Waals surface area contributed by atoms with Gasteiger partial charge in [-0.05, 0) is 31.9 Å². The molecule has 0 radical (unpaired) electrons. The SMILES string of the molecule is NC(Br)C(O)(Br)Br. The number of nitrogens with two attached hydrogens (primary N) is 1. The summed E-state index contributed by atoms with van der Waals surface area (Å²) in [6, 6.07) is 0. The van der Waals surface area contributed by atoms with E-state index in [1.54, 1.807) is 0 Å². The lowest BCUT2D eigenvalue weighted by Gasteiger charge is -2.14. The van der Waals surface area contributed by atoms with Crippen LogP contribution in [0.15, 0.2) is 0 Å². The third-order valence-corrected chi connectivity index (χ3v) is 3.21. The van der Waals surface area contributed by atoms with Crippen LogP contribution in [0.2, 0.25) is 0 Å². The molecule has 7 heavy (non-hydrogen) atoms. The predicted octanol–water partition coefficient (Wildman–Crippen LogP) is 1.10. The van der Waals surface area contributed by atoms with E-state index in [1.807, 2.05) is 0 Å². The van der Waals surface area contributed by atoms with Gasteiger partial charge >= 0.3 is 0 Å². The molecule has 0 saturated heterocycles. The van der Waals surface area contributed by atoms with Gasteiger partial charge in [0.2, 0.25) is 0 Å². The second-order valence-corrected chi connectivity index (χ2v) is 5.46. The van der Waals surface area contributed by atoms with E-state index in [-0.39, 0.29) is 0 Å². The Bertz CT molecular complexity index is 58.4. The average Bonchev–Trinajstić information content (AvgIpc) is 1.31. The van der Waals surface area contributed by atoms with Gasteiger partial charge in [0.05, 0.1) is 0 Å². The Morgan fingerprint density at radius 3 is 1.71 bits per heavy atom. The summed E-state index contributed by atoms with van der Waals surface area (Å²) in [6.07, 6.45) is 0. The summed E-state index contributed by atoms with van der Waals surface area (Å²) in [5, 5.41) is 8.76. The van der Waals surface area contributed by atoms with Crippen LogP contribution in [0.5, 0.6) is 0 Å². The fourth-order valence-corrected chi connectivity index (χ4v) is 0. The van der Waals surface area contributed by atoms with Crippen LogP contribution in [-0.2, 0) is 0 Å². The van der Waals surface area contributed by atoms with Crippen molar-refractivity contribution in [2.24, 2.45) is 5.73 Å². The minimum absolute atomic E-state index is 0.500. The van der Waals surface area contributed by atoms with Crippen LogP contribution >= 0.6 is 47.8 Å². The maximum Gasteiger partial charge on any atom is 0.200 e. The molecule has 0 heterocycles. The number of halogens is 3. The maximum atomic E-state index is 8.76. The highest BCUT2D eigenvalue weighted by Crippen LogP contribution is 2.27. The molecule has 0 aromatic rings. The first kappa shape index (κ1) is 8.36. The standard InChI is InChI=1S/C2H4Br3NO/c3-1(6)2(4,5)7/h1,7H,6H2. The van der Waals surface area contributed by atoms with Crippen molar-refractivity contribution < 1.29 is 5.11 Å². The summed E-state index contributed by atoms with van der Waals surface area (Å²) in [6.45, 7) is 0. The zero-order chi connectivity index (χ0) is 6.08. The van der Waals surface area contributed by atoms with E-state index < -0.39 is 8.37 Å². The Balaban J connectivity index is 3.54. The fraction of sp³-hybridized carbons (Fsp3) is 1.00. The summed E-state index contributed by atoms with van der Waals surface area (Å²) < 4.78 is -1.18. The molecule has 0 bridgehead atoms. The molecule has 44 valence electrons. The Labute approximate surface area is 66.8 Å². The quantitative estimate of drug-likeness (QED) is 0.562. The van der Waals surface area contributed by atoms with Gasteiger partial charge < -0.3 is 10.8 Å². The third kappa shape index (κ3) is 3.90. The molecule has 3 N–H and O–H groups in total. The summed E-state index contributed by atoms with van der Waals surface area (Å²) in [7, 11) is 0. The Morgan fingerprint density at radius 1 is 1.57 bits per heavy atom. The molecule has 0 aliphatic heterocycles. The molecule has 1 atom stereocenters. The van der Waals surface area contributed by atoms with Crippen molar-refractivity contribution in [2.75, 3.05) is 0 Å². The largest absolute Gasteiger partial charge is 0.367 e. The van der Waals surface area contributed by atoms with Crippen molar-refractivity contribution in [3.8, 4) is 0 Å². The molecule has 0 aliphatic rings. The van der Waals surface area contributed by atoms with Crippen molar-refractivity contribution in [2.45, 2.75) is 8.37 Å². The van der Waals surface area contributed by atoms with Gasteiger partial charge in [-0.3, -0.25) is 0 Å². The van der Waals surface area contributed by atoms with Gasteiger partial charge in [0.15, 0.2) is 3.42 Å². The molecule has 2 nitrogen and oxygen atoms in total. The number of alkyl halides is 3. The topological polar surface area (TPSA) is 46.2 Å². The zero-order valence-corrected chi connectivity index (χ0v) is 7.99. The molecule has 0 aromatic carbocycles. The lowest BCUT2D eigenvalue weighted by molar-refractivity contribution is 0.244. The van der Waals surface area contributed by atoms with Gasteiger partial charge in [-0.2, -0.15) is 0 Å². The molecule has 0 aromatic heterocycles. The van der Waals surface area contributed by atoms with Crippen LogP contribution in [0.1, 0.15) is 0 Å². The number of hydrogen-bond acceptors (Lipinski definition) is 2. The highest BCUT2D eigenvalue weighted by molar-refractivity contribution is 9.26. The number of hydrogen-bond donors (Lipinski definition) is 2. The molecular formula is C2H4Br3NO. The van der Waals surface area contributed by atoms with Crippen molar-refractivity contribution in [1.82, 2.24) is 0 Å². The van der Waals surface area contributed by atoms with Gasteiger partial charge in [-0.15, -0.1) is 0 Å². The van der Waals surface area contributed by atoms with Gasteiger partial charge in [-0.1, -0.05) is 15.9 Å². The van der Waals surface area contributed by atoms with E-state index in [9.17, 15) is 0 Å². The normalized spacial score (nSPS) is 16.7. The molecule has 0 aliphatic carbocycles. The smallest absolute Gasteiger partial charge is 0.200 e. The van der Waals surface area contributed by atoms with E-state index in [2.05, 4.69) is 47.8 Å². The van der Waals surface area contributed by atoms with Gasteiger partial charge in [0.25, 0.3) is 0 Å². The average molecular weight is 298 g/mol. The molecule has 0 amide bonds. The minimum Gasteiger partial charge on any atom is -0.367 e. The predicted molar refractivity (Wildman–Crippen MR) is 39.7 cm³/mol.